The van der Waals surface area contributed by atoms with Gasteiger partial charge in [-0.1, -0.05) is 18.2 Å². The number of carbonyl (C=O) groups is 1. The van der Waals surface area contributed by atoms with Crippen LogP contribution in [0.3, 0.4) is 0 Å². The van der Waals surface area contributed by atoms with Crippen molar-refractivity contribution < 1.29 is 9.18 Å². The summed E-state index contributed by atoms with van der Waals surface area (Å²) in [4.78, 5) is 12.6. The molecule has 0 unspecified atom stereocenters. The molecule has 0 fully saturated rings. The Balaban J connectivity index is 2.18. The minimum Gasteiger partial charge on any atom is -0.289 e. The topological polar surface area (TPSA) is 17.1 Å². The Morgan fingerprint density at radius 1 is 1.20 bits per heavy atom. The van der Waals surface area contributed by atoms with E-state index in [2.05, 4.69) is 15.9 Å². The van der Waals surface area contributed by atoms with Crippen molar-refractivity contribution >= 4 is 43.1 Å². The fourth-order valence-corrected chi connectivity index (χ4v) is 3.78. The lowest BCUT2D eigenvalue weighted by Gasteiger charge is -2.04. The van der Waals surface area contributed by atoms with Gasteiger partial charge in [-0.25, -0.2) is 4.39 Å². The summed E-state index contributed by atoms with van der Waals surface area (Å²) >= 11 is 4.99. The molecule has 1 aromatic heterocycles. The molecule has 2 aromatic carbocycles. The summed E-state index contributed by atoms with van der Waals surface area (Å²) in [5.41, 5.74) is 1.83. The van der Waals surface area contributed by atoms with E-state index >= 15 is 0 Å². The van der Waals surface area contributed by atoms with Crippen molar-refractivity contribution in [1.82, 2.24) is 0 Å². The summed E-state index contributed by atoms with van der Waals surface area (Å²) in [6, 6.07) is 10.1. The van der Waals surface area contributed by atoms with Crippen LogP contribution in [-0.2, 0) is 0 Å². The zero-order valence-corrected chi connectivity index (χ0v) is 13.0. The second-order valence-electron chi connectivity index (χ2n) is 4.55. The fourth-order valence-electron chi connectivity index (χ4n) is 2.18. The minimum atomic E-state index is -0.389. The van der Waals surface area contributed by atoms with Crippen LogP contribution in [0.1, 0.15) is 21.5 Å². The lowest BCUT2D eigenvalue weighted by atomic mass is 9.98. The molecule has 0 aliphatic carbocycles. The molecular weight excluding hydrogens is 339 g/mol. The van der Waals surface area contributed by atoms with Crippen molar-refractivity contribution in [2.75, 3.05) is 0 Å². The summed E-state index contributed by atoms with van der Waals surface area (Å²) in [7, 11) is 0. The highest BCUT2D eigenvalue weighted by Gasteiger charge is 2.17. The lowest BCUT2D eigenvalue weighted by molar-refractivity contribution is 0.103. The molecule has 3 aromatic rings. The zero-order chi connectivity index (χ0) is 14.3. The molecule has 0 radical (unpaired) electrons. The standard InChI is InChI=1S/C16H10BrFOS/c1-9-5-6-10(18)7-12(9)15(19)13-8-20-16-11(13)3-2-4-14(16)17/h2-8H,1H3. The highest BCUT2D eigenvalue weighted by molar-refractivity contribution is 9.10. The molecule has 0 saturated heterocycles. The van der Waals surface area contributed by atoms with E-state index in [9.17, 15) is 9.18 Å². The maximum absolute atomic E-state index is 13.4. The second kappa shape index (κ2) is 5.11. The number of halogens is 2. The van der Waals surface area contributed by atoms with Crippen molar-refractivity contribution in [3.8, 4) is 0 Å². The Morgan fingerprint density at radius 3 is 2.80 bits per heavy atom. The van der Waals surface area contributed by atoms with E-state index in [-0.39, 0.29) is 11.6 Å². The van der Waals surface area contributed by atoms with E-state index in [1.165, 1.54) is 23.5 Å². The number of benzene rings is 2. The van der Waals surface area contributed by atoms with E-state index in [1.54, 1.807) is 6.07 Å². The maximum atomic E-state index is 13.4. The van der Waals surface area contributed by atoms with Crippen LogP contribution in [-0.4, -0.2) is 5.78 Å². The van der Waals surface area contributed by atoms with Crippen molar-refractivity contribution in [3.63, 3.8) is 0 Å². The molecule has 0 atom stereocenters. The van der Waals surface area contributed by atoms with Gasteiger partial charge in [0.05, 0.1) is 0 Å². The van der Waals surface area contributed by atoms with Crippen molar-refractivity contribution in [2.45, 2.75) is 6.92 Å². The van der Waals surface area contributed by atoms with Gasteiger partial charge in [0.25, 0.3) is 0 Å². The lowest BCUT2D eigenvalue weighted by Crippen LogP contribution is -2.03. The van der Waals surface area contributed by atoms with E-state index < -0.39 is 0 Å². The second-order valence-corrected chi connectivity index (χ2v) is 6.29. The predicted molar refractivity (Wildman–Crippen MR) is 84.1 cm³/mol. The van der Waals surface area contributed by atoms with Gasteiger partial charge in [0.15, 0.2) is 5.78 Å². The molecule has 1 nitrogen and oxygen atoms in total. The fraction of sp³-hybridized carbons (Fsp3) is 0.0625. The molecule has 0 bridgehead atoms. The molecular formula is C16H10BrFOS. The first kappa shape index (κ1) is 13.5. The molecule has 0 spiro atoms. The summed E-state index contributed by atoms with van der Waals surface area (Å²) in [6.45, 7) is 1.82. The number of ketones is 1. The third kappa shape index (κ3) is 2.19. The predicted octanol–water partition coefficient (Wildman–Crippen LogP) is 5.34. The van der Waals surface area contributed by atoms with Crippen LogP contribution in [0, 0.1) is 12.7 Å². The van der Waals surface area contributed by atoms with Crippen LogP contribution >= 0.6 is 27.3 Å². The van der Waals surface area contributed by atoms with Gasteiger partial charge in [-0.05, 0) is 46.6 Å². The molecule has 3 rings (SSSR count). The van der Waals surface area contributed by atoms with Crippen LogP contribution < -0.4 is 0 Å². The minimum absolute atomic E-state index is 0.133. The van der Waals surface area contributed by atoms with Gasteiger partial charge in [-0.15, -0.1) is 11.3 Å². The van der Waals surface area contributed by atoms with Crippen LogP contribution in [0.5, 0.6) is 0 Å². The molecule has 4 heteroatoms. The monoisotopic (exact) mass is 348 g/mol. The normalized spacial score (nSPS) is 10.9. The Labute approximate surface area is 128 Å². The quantitative estimate of drug-likeness (QED) is 0.571. The Kier molecular flexibility index (Phi) is 3.44. The van der Waals surface area contributed by atoms with E-state index in [0.717, 1.165) is 20.1 Å². The molecule has 0 aliphatic heterocycles. The van der Waals surface area contributed by atoms with Gasteiger partial charge in [0.1, 0.15) is 5.82 Å². The third-order valence-corrected chi connectivity index (χ3v) is 5.19. The smallest absolute Gasteiger partial charge is 0.194 e. The van der Waals surface area contributed by atoms with Crippen LogP contribution in [0.25, 0.3) is 10.1 Å². The summed E-state index contributed by atoms with van der Waals surface area (Å²) < 4.78 is 15.4. The van der Waals surface area contributed by atoms with Crippen LogP contribution in [0.15, 0.2) is 46.3 Å². The summed E-state index contributed by atoms with van der Waals surface area (Å²) in [5, 5.41) is 2.74. The average molecular weight is 349 g/mol. The number of aryl methyl sites for hydroxylation is 1. The van der Waals surface area contributed by atoms with Crippen molar-refractivity contribution in [3.05, 3.63) is 68.8 Å². The molecule has 100 valence electrons. The van der Waals surface area contributed by atoms with E-state index in [1.807, 2.05) is 30.5 Å². The van der Waals surface area contributed by atoms with E-state index in [0.29, 0.717) is 11.1 Å². The van der Waals surface area contributed by atoms with E-state index in [4.69, 9.17) is 0 Å². The van der Waals surface area contributed by atoms with Crippen molar-refractivity contribution in [1.29, 1.82) is 0 Å². The van der Waals surface area contributed by atoms with Crippen molar-refractivity contribution in [2.24, 2.45) is 0 Å². The van der Waals surface area contributed by atoms with Crippen LogP contribution in [0.2, 0.25) is 0 Å². The number of carbonyl (C=O) groups excluding carboxylic acids is 1. The highest BCUT2D eigenvalue weighted by atomic mass is 79.9. The third-order valence-electron chi connectivity index (χ3n) is 3.24. The number of rotatable bonds is 2. The number of fused-ring (bicyclic) bond motifs is 1. The first-order valence-corrected chi connectivity index (χ1v) is 7.72. The maximum Gasteiger partial charge on any atom is 0.194 e. The zero-order valence-electron chi connectivity index (χ0n) is 10.6. The highest BCUT2D eigenvalue weighted by Crippen LogP contribution is 2.33. The van der Waals surface area contributed by atoms with Gasteiger partial charge >= 0.3 is 0 Å². The van der Waals surface area contributed by atoms with Gasteiger partial charge < -0.3 is 0 Å². The summed E-state index contributed by atoms with van der Waals surface area (Å²) in [5.74, 6) is -0.522. The molecule has 20 heavy (non-hydrogen) atoms. The molecule has 0 amide bonds. The molecule has 1 heterocycles. The summed E-state index contributed by atoms with van der Waals surface area (Å²) in [6.07, 6.45) is 0. The Bertz CT molecular complexity index is 822. The molecule has 0 aliphatic rings. The first-order chi connectivity index (χ1) is 9.58. The van der Waals surface area contributed by atoms with Gasteiger partial charge in [-0.2, -0.15) is 0 Å². The molecule has 0 saturated carbocycles. The van der Waals surface area contributed by atoms with Gasteiger partial charge in [0, 0.05) is 31.1 Å². The Morgan fingerprint density at radius 2 is 2.00 bits per heavy atom. The SMILES string of the molecule is Cc1ccc(F)cc1C(=O)c1csc2c(Br)cccc12. The van der Waals surface area contributed by atoms with Crippen LogP contribution in [0.4, 0.5) is 4.39 Å². The van der Waals surface area contributed by atoms with Gasteiger partial charge in [-0.3, -0.25) is 4.79 Å². The number of thiophene rings is 1. The number of hydrogen-bond acceptors (Lipinski definition) is 2. The Hall–Kier alpha value is -1.52. The largest absolute Gasteiger partial charge is 0.289 e. The number of hydrogen-bond donors (Lipinski definition) is 0. The molecule has 0 N–H and O–H groups in total. The first-order valence-electron chi connectivity index (χ1n) is 6.04. The average Bonchev–Trinajstić information content (AvgIpc) is 2.86. The van der Waals surface area contributed by atoms with Gasteiger partial charge in [0.2, 0.25) is 0 Å².